The van der Waals surface area contributed by atoms with E-state index in [2.05, 4.69) is 5.32 Å². The highest BCUT2D eigenvalue weighted by atomic mass is 32.2. The lowest BCUT2D eigenvalue weighted by Gasteiger charge is -2.26. The first-order valence-corrected chi connectivity index (χ1v) is 9.47. The molecule has 1 heterocycles. The molecule has 0 saturated carbocycles. The van der Waals surface area contributed by atoms with E-state index < -0.39 is 27.4 Å². The van der Waals surface area contributed by atoms with Crippen LogP contribution in [0, 0.1) is 0 Å². The van der Waals surface area contributed by atoms with E-state index in [1.807, 2.05) is 6.92 Å². The number of nitrogens with zero attached hydrogens (tertiary/aromatic N) is 1. The predicted octanol–water partition coefficient (Wildman–Crippen LogP) is 1.60. The average Bonchev–Trinajstić information content (AvgIpc) is 2.86. The number of hydrogen-bond donors (Lipinski definition) is 2. The highest BCUT2D eigenvalue weighted by Crippen LogP contribution is 2.25. The van der Waals surface area contributed by atoms with Gasteiger partial charge in [-0.25, -0.2) is 13.2 Å². The van der Waals surface area contributed by atoms with E-state index in [0.717, 1.165) is 0 Å². The number of anilines is 1. The second-order valence-electron chi connectivity index (χ2n) is 6.13. The summed E-state index contributed by atoms with van der Waals surface area (Å²) >= 11 is 0. The summed E-state index contributed by atoms with van der Waals surface area (Å²) in [4.78, 5) is 23.9. The van der Waals surface area contributed by atoms with Crippen molar-refractivity contribution < 1.29 is 23.1 Å². The molecular weight excluding hydrogens is 332 g/mol. The topological polar surface area (TPSA) is 104 Å². The smallest absolute Gasteiger partial charge is 0.329 e. The van der Waals surface area contributed by atoms with Gasteiger partial charge in [0, 0.05) is 12.1 Å². The van der Waals surface area contributed by atoms with Crippen LogP contribution in [0.3, 0.4) is 0 Å². The third-order valence-electron chi connectivity index (χ3n) is 4.11. The molecule has 0 aromatic heterocycles. The minimum absolute atomic E-state index is 0.0943. The molecule has 8 heteroatoms. The number of nitrogens with one attached hydrogen (secondary N) is 1. The van der Waals surface area contributed by atoms with Gasteiger partial charge >= 0.3 is 5.97 Å². The Morgan fingerprint density at radius 2 is 2.08 bits per heavy atom. The number of carbonyl (C=O) groups excluding carboxylic acids is 1. The normalized spacial score (nSPS) is 18.8. The number of hydrogen-bond acceptors (Lipinski definition) is 4. The summed E-state index contributed by atoms with van der Waals surface area (Å²) < 4.78 is 25.3. The number of aliphatic carboxylic acids is 1. The van der Waals surface area contributed by atoms with Crippen LogP contribution in [0.15, 0.2) is 24.3 Å². The van der Waals surface area contributed by atoms with Crippen LogP contribution in [0.5, 0.6) is 0 Å². The van der Waals surface area contributed by atoms with Gasteiger partial charge in [0.05, 0.1) is 11.4 Å². The summed E-state index contributed by atoms with van der Waals surface area (Å²) in [6.07, 6.45) is 1.45. The molecule has 0 radical (unpaired) electrons. The fourth-order valence-electron chi connectivity index (χ4n) is 2.78. The second kappa shape index (κ2) is 6.80. The second-order valence-corrected chi connectivity index (χ2v) is 8.15. The minimum atomic E-state index is -3.33. The Kier molecular flexibility index (Phi) is 5.17. The van der Waals surface area contributed by atoms with E-state index in [1.54, 1.807) is 12.1 Å². The molecule has 0 spiro atoms. The molecule has 1 unspecified atom stereocenters. The van der Waals surface area contributed by atoms with Crippen molar-refractivity contribution in [3.05, 3.63) is 29.8 Å². The SMILES string of the molecule is CCCC(C)(NC(=O)c1cccc(N2CCCS2(=O)=O)c1)C(=O)O. The van der Waals surface area contributed by atoms with Crippen LogP contribution in [0.25, 0.3) is 0 Å². The van der Waals surface area contributed by atoms with Crippen molar-refractivity contribution in [1.82, 2.24) is 5.32 Å². The first-order chi connectivity index (χ1) is 11.2. The van der Waals surface area contributed by atoms with Crippen LogP contribution < -0.4 is 9.62 Å². The zero-order chi connectivity index (χ0) is 18.0. The van der Waals surface area contributed by atoms with Gasteiger partial charge in [-0.1, -0.05) is 19.4 Å². The number of carboxylic acids is 1. The maximum absolute atomic E-state index is 12.4. The molecule has 2 rings (SSSR count). The first kappa shape index (κ1) is 18.3. The summed E-state index contributed by atoms with van der Waals surface area (Å²) in [5, 5.41) is 11.9. The van der Waals surface area contributed by atoms with Gasteiger partial charge < -0.3 is 10.4 Å². The van der Waals surface area contributed by atoms with E-state index in [9.17, 15) is 23.1 Å². The van der Waals surface area contributed by atoms with Crippen molar-refractivity contribution in [2.24, 2.45) is 0 Å². The van der Waals surface area contributed by atoms with Crippen molar-refractivity contribution in [2.45, 2.75) is 38.6 Å². The molecule has 1 aliphatic rings. The number of carboxylic acid groups (broad SMARTS) is 1. The molecule has 2 N–H and O–H groups in total. The standard InChI is InChI=1S/C16H22N2O5S/c1-3-8-16(2,15(20)21)17-14(19)12-6-4-7-13(11-12)18-9-5-10-24(18,22)23/h4,6-7,11H,3,5,8-10H2,1-2H3,(H,17,19)(H,20,21). The summed E-state index contributed by atoms with van der Waals surface area (Å²) in [7, 11) is -3.33. The van der Waals surface area contributed by atoms with Crippen LogP contribution in [-0.4, -0.2) is 43.2 Å². The van der Waals surface area contributed by atoms with E-state index >= 15 is 0 Å². The van der Waals surface area contributed by atoms with E-state index in [1.165, 1.54) is 23.4 Å². The molecule has 1 aromatic carbocycles. The quantitative estimate of drug-likeness (QED) is 0.807. The molecule has 1 amide bonds. The molecule has 0 aliphatic carbocycles. The number of benzene rings is 1. The molecule has 1 aromatic rings. The van der Waals surface area contributed by atoms with Gasteiger partial charge in [0.25, 0.3) is 5.91 Å². The predicted molar refractivity (Wildman–Crippen MR) is 90.6 cm³/mol. The van der Waals surface area contributed by atoms with Gasteiger partial charge in [0.1, 0.15) is 5.54 Å². The monoisotopic (exact) mass is 354 g/mol. The largest absolute Gasteiger partial charge is 0.480 e. The summed E-state index contributed by atoms with van der Waals surface area (Å²) in [5.41, 5.74) is -0.701. The summed E-state index contributed by atoms with van der Waals surface area (Å²) in [6.45, 7) is 3.69. The third kappa shape index (κ3) is 3.69. The van der Waals surface area contributed by atoms with Crippen molar-refractivity contribution >= 4 is 27.6 Å². The van der Waals surface area contributed by atoms with Crippen LogP contribution in [0.1, 0.15) is 43.5 Å². The van der Waals surface area contributed by atoms with Crippen molar-refractivity contribution in [3.8, 4) is 0 Å². The molecule has 24 heavy (non-hydrogen) atoms. The first-order valence-electron chi connectivity index (χ1n) is 7.86. The molecule has 0 bridgehead atoms. The van der Waals surface area contributed by atoms with Crippen molar-refractivity contribution in [3.63, 3.8) is 0 Å². The Hall–Kier alpha value is -2.09. The molecule has 1 saturated heterocycles. The minimum Gasteiger partial charge on any atom is -0.480 e. The lowest BCUT2D eigenvalue weighted by molar-refractivity contribution is -0.144. The summed E-state index contributed by atoms with van der Waals surface area (Å²) in [5.74, 6) is -1.54. The number of carbonyl (C=O) groups is 2. The highest BCUT2D eigenvalue weighted by molar-refractivity contribution is 7.93. The highest BCUT2D eigenvalue weighted by Gasteiger charge is 2.34. The van der Waals surface area contributed by atoms with Gasteiger partial charge in [0.2, 0.25) is 10.0 Å². The lowest BCUT2D eigenvalue weighted by Crippen LogP contribution is -2.52. The number of sulfonamides is 1. The Morgan fingerprint density at radius 3 is 2.62 bits per heavy atom. The molecule has 132 valence electrons. The Labute approximate surface area is 141 Å². The van der Waals surface area contributed by atoms with E-state index in [-0.39, 0.29) is 11.3 Å². The molecule has 1 atom stereocenters. The Morgan fingerprint density at radius 1 is 1.38 bits per heavy atom. The van der Waals surface area contributed by atoms with Crippen LogP contribution in [0.2, 0.25) is 0 Å². The van der Waals surface area contributed by atoms with Crippen molar-refractivity contribution in [1.29, 1.82) is 0 Å². The number of rotatable bonds is 6. The maximum atomic E-state index is 12.4. The lowest BCUT2D eigenvalue weighted by atomic mass is 9.95. The fourth-order valence-corrected chi connectivity index (χ4v) is 4.33. The third-order valence-corrected chi connectivity index (χ3v) is 5.98. The van der Waals surface area contributed by atoms with Crippen LogP contribution in [0.4, 0.5) is 5.69 Å². The van der Waals surface area contributed by atoms with Crippen LogP contribution in [-0.2, 0) is 14.8 Å². The van der Waals surface area contributed by atoms with Gasteiger partial charge in [-0.2, -0.15) is 0 Å². The van der Waals surface area contributed by atoms with E-state index in [4.69, 9.17) is 0 Å². The van der Waals surface area contributed by atoms with Gasteiger partial charge in [-0.15, -0.1) is 0 Å². The zero-order valence-electron chi connectivity index (χ0n) is 13.8. The Balaban J connectivity index is 2.25. The fraction of sp³-hybridized carbons (Fsp3) is 0.500. The van der Waals surface area contributed by atoms with Crippen LogP contribution >= 0.6 is 0 Å². The summed E-state index contributed by atoms with van der Waals surface area (Å²) in [6, 6.07) is 6.24. The maximum Gasteiger partial charge on any atom is 0.329 e. The van der Waals surface area contributed by atoms with E-state index in [0.29, 0.717) is 31.5 Å². The molecule has 1 aliphatic heterocycles. The number of amides is 1. The Bertz CT molecular complexity index is 747. The molecule has 1 fully saturated rings. The van der Waals surface area contributed by atoms with Gasteiger partial charge in [-0.05, 0) is 38.0 Å². The van der Waals surface area contributed by atoms with Crippen molar-refractivity contribution in [2.75, 3.05) is 16.6 Å². The van der Waals surface area contributed by atoms with Gasteiger partial charge in [0.15, 0.2) is 0 Å². The zero-order valence-corrected chi connectivity index (χ0v) is 14.6. The molecular formula is C16H22N2O5S. The average molecular weight is 354 g/mol. The van der Waals surface area contributed by atoms with Gasteiger partial charge in [-0.3, -0.25) is 9.10 Å². The molecule has 7 nitrogen and oxygen atoms in total.